The van der Waals surface area contributed by atoms with E-state index in [-0.39, 0.29) is 11.6 Å². The summed E-state index contributed by atoms with van der Waals surface area (Å²) in [4.78, 5) is 12.2. The van der Waals surface area contributed by atoms with Crippen LogP contribution in [0, 0.1) is 6.92 Å². The summed E-state index contributed by atoms with van der Waals surface area (Å²) in [7, 11) is 0. The van der Waals surface area contributed by atoms with Gasteiger partial charge in [0.05, 0.1) is 0 Å². The van der Waals surface area contributed by atoms with Crippen LogP contribution in [0.1, 0.15) is 16.1 Å². The van der Waals surface area contributed by atoms with Crippen molar-refractivity contribution in [3.05, 3.63) is 70.3 Å². The molecule has 1 amide bonds. The average molecular weight is 357 g/mol. The zero-order chi connectivity index (χ0) is 15.5. The van der Waals surface area contributed by atoms with E-state index < -0.39 is 0 Å². The van der Waals surface area contributed by atoms with Gasteiger partial charge >= 0.3 is 0 Å². The Labute approximate surface area is 136 Å². The van der Waals surface area contributed by atoms with Gasteiger partial charge in [-0.1, -0.05) is 57.0 Å². The molecule has 5 heteroatoms. The van der Waals surface area contributed by atoms with Gasteiger partial charge in [0.25, 0.3) is 5.91 Å². The molecule has 0 radical (unpaired) electrons. The molecule has 1 aromatic heterocycles. The van der Waals surface area contributed by atoms with Gasteiger partial charge in [-0.05, 0) is 25.1 Å². The Morgan fingerprint density at radius 1 is 1.14 bits per heavy atom. The van der Waals surface area contributed by atoms with Gasteiger partial charge in [0.15, 0.2) is 11.5 Å². The number of aryl methyl sites for hydroxylation is 1. The lowest BCUT2D eigenvalue weighted by molar-refractivity contribution is 0.101. The molecule has 0 bridgehead atoms. The summed E-state index contributed by atoms with van der Waals surface area (Å²) < 4.78 is 6.15. The fraction of sp³-hybridized carbons (Fsp3) is 0.0588. The molecular formula is C17H13BrN2O2. The van der Waals surface area contributed by atoms with Crippen LogP contribution in [0.3, 0.4) is 0 Å². The SMILES string of the molecule is Cc1ccc(-c2cc(C(=O)Nc3cccc(Br)c3)no2)cc1. The van der Waals surface area contributed by atoms with Crippen molar-refractivity contribution in [2.75, 3.05) is 5.32 Å². The number of benzene rings is 2. The van der Waals surface area contributed by atoms with E-state index in [1.807, 2.05) is 55.5 Å². The minimum atomic E-state index is -0.305. The molecule has 0 saturated heterocycles. The molecule has 0 unspecified atom stereocenters. The van der Waals surface area contributed by atoms with Crippen molar-refractivity contribution >= 4 is 27.5 Å². The molecule has 0 saturated carbocycles. The van der Waals surface area contributed by atoms with E-state index >= 15 is 0 Å². The summed E-state index contributed by atoms with van der Waals surface area (Å²) in [6.45, 7) is 2.01. The molecule has 3 rings (SSSR count). The predicted octanol–water partition coefficient (Wildman–Crippen LogP) is 4.66. The minimum Gasteiger partial charge on any atom is -0.355 e. The number of hydrogen-bond donors (Lipinski definition) is 1. The van der Waals surface area contributed by atoms with E-state index in [1.54, 1.807) is 6.07 Å². The van der Waals surface area contributed by atoms with E-state index in [9.17, 15) is 4.79 Å². The quantitative estimate of drug-likeness (QED) is 0.741. The number of anilines is 1. The highest BCUT2D eigenvalue weighted by Gasteiger charge is 2.14. The van der Waals surface area contributed by atoms with Crippen LogP contribution in [0.4, 0.5) is 5.69 Å². The highest BCUT2D eigenvalue weighted by Crippen LogP contribution is 2.22. The van der Waals surface area contributed by atoms with E-state index in [4.69, 9.17) is 4.52 Å². The van der Waals surface area contributed by atoms with Crippen molar-refractivity contribution in [3.8, 4) is 11.3 Å². The lowest BCUT2D eigenvalue weighted by Gasteiger charge is -2.02. The van der Waals surface area contributed by atoms with Gasteiger partial charge in [-0.2, -0.15) is 0 Å². The molecule has 1 heterocycles. The molecule has 4 nitrogen and oxygen atoms in total. The van der Waals surface area contributed by atoms with Crippen molar-refractivity contribution in [2.24, 2.45) is 0 Å². The first-order valence-corrected chi connectivity index (χ1v) is 7.52. The molecule has 2 aromatic carbocycles. The number of hydrogen-bond acceptors (Lipinski definition) is 3. The zero-order valence-electron chi connectivity index (χ0n) is 11.8. The van der Waals surface area contributed by atoms with Crippen molar-refractivity contribution in [3.63, 3.8) is 0 Å². The summed E-state index contributed by atoms with van der Waals surface area (Å²) in [6, 6.07) is 16.8. The normalized spacial score (nSPS) is 10.5. The number of rotatable bonds is 3. The molecular weight excluding hydrogens is 344 g/mol. The number of nitrogens with zero attached hydrogens (tertiary/aromatic N) is 1. The number of nitrogens with one attached hydrogen (secondary N) is 1. The molecule has 1 N–H and O–H groups in total. The fourth-order valence-corrected chi connectivity index (χ4v) is 2.40. The Bertz CT molecular complexity index is 810. The maximum atomic E-state index is 12.2. The average Bonchev–Trinajstić information content (AvgIpc) is 2.98. The second-order valence-electron chi connectivity index (χ2n) is 4.91. The van der Waals surface area contributed by atoms with E-state index in [0.29, 0.717) is 11.4 Å². The number of amides is 1. The van der Waals surface area contributed by atoms with Crippen LogP contribution in [0.25, 0.3) is 11.3 Å². The first-order chi connectivity index (χ1) is 10.6. The van der Waals surface area contributed by atoms with Gasteiger partial charge in [0, 0.05) is 21.8 Å². The lowest BCUT2D eigenvalue weighted by Crippen LogP contribution is -2.11. The number of halogens is 1. The summed E-state index contributed by atoms with van der Waals surface area (Å²) >= 11 is 3.36. The maximum absolute atomic E-state index is 12.2. The van der Waals surface area contributed by atoms with Gasteiger partial charge in [-0.15, -0.1) is 0 Å². The summed E-state index contributed by atoms with van der Waals surface area (Å²) in [5.74, 6) is 0.264. The molecule has 0 fully saturated rings. The molecule has 0 aliphatic rings. The van der Waals surface area contributed by atoms with Crippen LogP contribution >= 0.6 is 15.9 Å². The standard InChI is InChI=1S/C17H13BrN2O2/c1-11-5-7-12(8-6-11)16-10-15(20-22-16)17(21)19-14-4-2-3-13(18)9-14/h2-10H,1H3,(H,19,21). The third-order valence-electron chi connectivity index (χ3n) is 3.16. The Morgan fingerprint density at radius 2 is 1.91 bits per heavy atom. The second kappa shape index (κ2) is 6.15. The van der Waals surface area contributed by atoms with Crippen LogP contribution in [-0.4, -0.2) is 11.1 Å². The molecule has 22 heavy (non-hydrogen) atoms. The Balaban J connectivity index is 1.78. The number of carbonyl (C=O) groups is 1. The smallest absolute Gasteiger partial charge is 0.277 e. The van der Waals surface area contributed by atoms with Crippen molar-refractivity contribution in [1.29, 1.82) is 0 Å². The minimum absolute atomic E-state index is 0.246. The number of aromatic nitrogens is 1. The number of carbonyl (C=O) groups excluding carboxylic acids is 1. The van der Waals surface area contributed by atoms with Crippen molar-refractivity contribution < 1.29 is 9.32 Å². The largest absolute Gasteiger partial charge is 0.355 e. The first kappa shape index (κ1) is 14.5. The molecule has 0 atom stereocenters. The van der Waals surface area contributed by atoms with Crippen molar-refractivity contribution in [2.45, 2.75) is 6.92 Å². The van der Waals surface area contributed by atoms with Crippen LogP contribution in [0.2, 0.25) is 0 Å². The first-order valence-electron chi connectivity index (χ1n) is 6.72. The van der Waals surface area contributed by atoms with Gasteiger partial charge in [-0.25, -0.2) is 0 Å². The zero-order valence-corrected chi connectivity index (χ0v) is 13.4. The summed E-state index contributed by atoms with van der Waals surface area (Å²) in [6.07, 6.45) is 0. The molecule has 0 spiro atoms. The van der Waals surface area contributed by atoms with E-state index in [0.717, 1.165) is 15.6 Å². The van der Waals surface area contributed by atoms with Crippen LogP contribution < -0.4 is 5.32 Å². The summed E-state index contributed by atoms with van der Waals surface area (Å²) in [5, 5.41) is 6.62. The molecule has 0 aliphatic heterocycles. The Kier molecular flexibility index (Phi) is 4.06. The molecule has 3 aromatic rings. The Morgan fingerprint density at radius 3 is 2.64 bits per heavy atom. The molecule has 110 valence electrons. The third kappa shape index (κ3) is 3.26. The monoisotopic (exact) mass is 356 g/mol. The summed E-state index contributed by atoms with van der Waals surface area (Å²) in [5.41, 5.74) is 2.99. The third-order valence-corrected chi connectivity index (χ3v) is 3.65. The van der Waals surface area contributed by atoms with E-state index in [2.05, 4.69) is 26.4 Å². The topological polar surface area (TPSA) is 55.1 Å². The van der Waals surface area contributed by atoms with Crippen LogP contribution in [-0.2, 0) is 0 Å². The van der Waals surface area contributed by atoms with E-state index in [1.165, 1.54) is 0 Å². The highest BCUT2D eigenvalue weighted by molar-refractivity contribution is 9.10. The fourth-order valence-electron chi connectivity index (χ4n) is 2.00. The Hall–Kier alpha value is -2.40. The maximum Gasteiger partial charge on any atom is 0.277 e. The second-order valence-corrected chi connectivity index (χ2v) is 5.82. The van der Waals surface area contributed by atoms with Gasteiger partial charge in [0.1, 0.15) is 0 Å². The van der Waals surface area contributed by atoms with Gasteiger partial charge < -0.3 is 9.84 Å². The van der Waals surface area contributed by atoms with Crippen molar-refractivity contribution in [1.82, 2.24) is 5.16 Å². The highest BCUT2D eigenvalue weighted by atomic mass is 79.9. The van der Waals surface area contributed by atoms with Crippen LogP contribution in [0.5, 0.6) is 0 Å². The molecule has 0 aliphatic carbocycles. The predicted molar refractivity (Wildman–Crippen MR) is 88.8 cm³/mol. The van der Waals surface area contributed by atoms with Crippen LogP contribution in [0.15, 0.2) is 63.6 Å². The van der Waals surface area contributed by atoms with Gasteiger partial charge in [-0.3, -0.25) is 4.79 Å². The lowest BCUT2D eigenvalue weighted by atomic mass is 10.1. The van der Waals surface area contributed by atoms with Gasteiger partial charge in [0.2, 0.25) is 0 Å².